The smallest absolute Gasteiger partial charge is 0.194 e. The minimum absolute atomic E-state index is 0.0322. The van der Waals surface area contributed by atoms with Gasteiger partial charge in [-0.3, -0.25) is 4.99 Å². The summed E-state index contributed by atoms with van der Waals surface area (Å²) < 4.78 is 30.0. The monoisotopic (exact) mass is 445 g/mol. The van der Waals surface area contributed by atoms with Gasteiger partial charge in [0.2, 0.25) is 0 Å². The van der Waals surface area contributed by atoms with Crippen molar-refractivity contribution in [1.82, 2.24) is 10.2 Å². The third-order valence-corrected chi connectivity index (χ3v) is 5.31. The largest absolute Gasteiger partial charge is 0.497 e. The standard InChI is InChI=1S/C24H32FN3O4/c1-5-26-24(27-13-22(29)18-10-20(30-3)12-21(11-18)31-4)28-14-16(2)32-23(15-28)17-6-8-19(25)9-7-17/h6-12,16,22-23,29H,5,13-15H2,1-4H3,(H,26,27). The highest BCUT2D eigenvalue weighted by molar-refractivity contribution is 5.80. The lowest BCUT2D eigenvalue weighted by Crippen LogP contribution is -2.50. The SMILES string of the molecule is CCNC(=NCC(O)c1cc(OC)cc(OC)c1)N1CC(C)OC(c2ccc(F)cc2)C1. The molecule has 0 aliphatic carbocycles. The second kappa shape index (κ2) is 11.2. The molecule has 0 aromatic heterocycles. The Morgan fingerprint density at radius 1 is 1.19 bits per heavy atom. The van der Waals surface area contributed by atoms with Crippen molar-refractivity contribution in [1.29, 1.82) is 0 Å². The molecule has 7 nitrogen and oxygen atoms in total. The van der Waals surface area contributed by atoms with E-state index in [0.717, 1.165) is 5.56 Å². The van der Waals surface area contributed by atoms with Crippen LogP contribution in [0.3, 0.4) is 0 Å². The minimum Gasteiger partial charge on any atom is -0.497 e. The molecule has 32 heavy (non-hydrogen) atoms. The second-order valence-electron chi connectivity index (χ2n) is 7.75. The molecule has 8 heteroatoms. The van der Waals surface area contributed by atoms with E-state index in [4.69, 9.17) is 14.2 Å². The van der Waals surface area contributed by atoms with Gasteiger partial charge in [-0.2, -0.15) is 0 Å². The summed E-state index contributed by atoms with van der Waals surface area (Å²) in [7, 11) is 3.15. The molecule has 0 spiro atoms. The molecule has 1 heterocycles. The van der Waals surface area contributed by atoms with E-state index in [1.807, 2.05) is 13.8 Å². The molecule has 0 bridgehead atoms. The predicted molar refractivity (Wildman–Crippen MR) is 122 cm³/mol. The van der Waals surface area contributed by atoms with Crippen LogP contribution >= 0.6 is 0 Å². The summed E-state index contributed by atoms with van der Waals surface area (Å²) in [6.45, 7) is 6.10. The van der Waals surface area contributed by atoms with Gasteiger partial charge in [0.05, 0.1) is 39.5 Å². The summed E-state index contributed by atoms with van der Waals surface area (Å²) in [5.74, 6) is 1.65. The molecule has 1 aliphatic rings. The number of aliphatic hydroxyl groups is 1. The Morgan fingerprint density at radius 3 is 2.44 bits per heavy atom. The van der Waals surface area contributed by atoms with Gasteiger partial charge >= 0.3 is 0 Å². The van der Waals surface area contributed by atoms with Gasteiger partial charge in [0.25, 0.3) is 0 Å². The lowest BCUT2D eigenvalue weighted by molar-refractivity contribution is -0.0605. The number of hydrogen-bond donors (Lipinski definition) is 2. The fraction of sp³-hybridized carbons (Fsp3) is 0.458. The summed E-state index contributed by atoms with van der Waals surface area (Å²) in [5, 5.41) is 14.1. The number of guanidine groups is 1. The molecule has 1 aliphatic heterocycles. The molecule has 2 aromatic carbocycles. The fourth-order valence-corrected chi connectivity index (χ4v) is 3.71. The summed E-state index contributed by atoms with van der Waals surface area (Å²) in [4.78, 5) is 6.80. The van der Waals surface area contributed by atoms with E-state index in [0.29, 0.717) is 42.7 Å². The number of aliphatic hydroxyl groups excluding tert-OH is 1. The van der Waals surface area contributed by atoms with E-state index in [9.17, 15) is 9.50 Å². The molecule has 1 fully saturated rings. The van der Waals surface area contributed by atoms with Crippen LogP contribution in [0, 0.1) is 5.82 Å². The van der Waals surface area contributed by atoms with Crippen molar-refractivity contribution in [3.63, 3.8) is 0 Å². The molecule has 0 saturated carbocycles. The zero-order chi connectivity index (χ0) is 23.1. The first-order chi connectivity index (χ1) is 15.4. The average Bonchev–Trinajstić information content (AvgIpc) is 2.81. The van der Waals surface area contributed by atoms with Crippen LogP contribution in [0.15, 0.2) is 47.5 Å². The number of aliphatic imine (C=N–C) groups is 1. The zero-order valence-corrected chi connectivity index (χ0v) is 19.0. The summed E-state index contributed by atoms with van der Waals surface area (Å²) >= 11 is 0. The van der Waals surface area contributed by atoms with Crippen LogP contribution in [0.25, 0.3) is 0 Å². The molecular weight excluding hydrogens is 413 g/mol. The van der Waals surface area contributed by atoms with E-state index in [-0.39, 0.29) is 24.6 Å². The highest BCUT2D eigenvalue weighted by atomic mass is 19.1. The maximum absolute atomic E-state index is 13.3. The van der Waals surface area contributed by atoms with Crippen molar-refractivity contribution in [3.8, 4) is 11.5 Å². The van der Waals surface area contributed by atoms with Gasteiger partial charge in [0.1, 0.15) is 23.4 Å². The van der Waals surface area contributed by atoms with Gasteiger partial charge in [0.15, 0.2) is 5.96 Å². The maximum Gasteiger partial charge on any atom is 0.194 e. The van der Waals surface area contributed by atoms with Crippen molar-refractivity contribution >= 4 is 5.96 Å². The van der Waals surface area contributed by atoms with Crippen LogP contribution in [-0.2, 0) is 4.74 Å². The van der Waals surface area contributed by atoms with Gasteiger partial charge in [-0.25, -0.2) is 4.39 Å². The lowest BCUT2D eigenvalue weighted by Gasteiger charge is -2.38. The number of nitrogens with zero attached hydrogens (tertiary/aromatic N) is 2. The van der Waals surface area contributed by atoms with Crippen LogP contribution in [0.5, 0.6) is 11.5 Å². The molecule has 2 aromatic rings. The van der Waals surface area contributed by atoms with Gasteiger partial charge in [-0.1, -0.05) is 12.1 Å². The molecule has 1 saturated heterocycles. The van der Waals surface area contributed by atoms with Gasteiger partial charge in [-0.05, 0) is 49.2 Å². The van der Waals surface area contributed by atoms with E-state index in [1.165, 1.54) is 12.1 Å². The Hall–Kier alpha value is -2.84. The lowest BCUT2D eigenvalue weighted by atomic mass is 10.1. The average molecular weight is 446 g/mol. The number of ether oxygens (including phenoxy) is 3. The first-order valence-corrected chi connectivity index (χ1v) is 10.8. The van der Waals surface area contributed by atoms with E-state index in [2.05, 4.69) is 15.2 Å². The number of benzene rings is 2. The second-order valence-corrected chi connectivity index (χ2v) is 7.75. The molecule has 0 radical (unpaired) electrons. The summed E-state index contributed by atoms with van der Waals surface area (Å²) in [6, 6.07) is 11.7. The van der Waals surface area contributed by atoms with Gasteiger partial charge in [-0.15, -0.1) is 0 Å². The van der Waals surface area contributed by atoms with E-state index in [1.54, 1.807) is 44.6 Å². The molecular formula is C24H32FN3O4. The number of halogens is 1. The Bertz CT molecular complexity index is 884. The van der Waals surface area contributed by atoms with Gasteiger partial charge < -0.3 is 29.5 Å². The zero-order valence-electron chi connectivity index (χ0n) is 19.0. The van der Waals surface area contributed by atoms with E-state index >= 15 is 0 Å². The van der Waals surface area contributed by atoms with Crippen molar-refractivity contribution in [2.45, 2.75) is 32.2 Å². The highest BCUT2D eigenvalue weighted by Crippen LogP contribution is 2.28. The number of morpholine rings is 1. The molecule has 2 N–H and O–H groups in total. The first kappa shape index (κ1) is 23.8. The molecule has 3 atom stereocenters. The first-order valence-electron chi connectivity index (χ1n) is 10.8. The Morgan fingerprint density at radius 2 is 1.84 bits per heavy atom. The third kappa shape index (κ3) is 6.11. The normalized spacial score (nSPS) is 20.1. The Labute approximate surface area is 188 Å². The van der Waals surface area contributed by atoms with Crippen LogP contribution in [-0.4, -0.2) is 62.5 Å². The molecule has 0 amide bonds. The van der Waals surface area contributed by atoms with Crippen molar-refractivity contribution in [2.24, 2.45) is 4.99 Å². The predicted octanol–water partition coefficient (Wildman–Crippen LogP) is 3.30. The number of nitrogens with one attached hydrogen (secondary N) is 1. The number of rotatable bonds is 7. The Kier molecular flexibility index (Phi) is 8.30. The molecule has 3 unspecified atom stereocenters. The van der Waals surface area contributed by atoms with E-state index < -0.39 is 6.10 Å². The molecule has 174 valence electrons. The Balaban J connectivity index is 1.76. The quantitative estimate of drug-likeness (QED) is 0.503. The maximum atomic E-state index is 13.3. The number of hydrogen-bond acceptors (Lipinski definition) is 5. The highest BCUT2D eigenvalue weighted by Gasteiger charge is 2.28. The number of methoxy groups -OCH3 is 2. The van der Waals surface area contributed by atoms with Crippen molar-refractivity contribution < 1.29 is 23.7 Å². The van der Waals surface area contributed by atoms with Crippen molar-refractivity contribution in [3.05, 3.63) is 59.4 Å². The van der Waals surface area contributed by atoms with Crippen LogP contribution in [0.4, 0.5) is 4.39 Å². The van der Waals surface area contributed by atoms with Crippen LogP contribution < -0.4 is 14.8 Å². The summed E-state index contributed by atoms with van der Waals surface area (Å²) in [6.07, 6.45) is -1.05. The van der Waals surface area contributed by atoms with Crippen LogP contribution in [0.1, 0.15) is 37.2 Å². The van der Waals surface area contributed by atoms with Crippen LogP contribution in [0.2, 0.25) is 0 Å². The minimum atomic E-state index is -0.820. The van der Waals surface area contributed by atoms with Gasteiger partial charge in [0, 0.05) is 19.2 Å². The third-order valence-electron chi connectivity index (χ3n) is 5.31. The topological polar surface area (TPSA) is 75.6 Å². The fourth-order valence-electron chi connectivity index (χ4n) is 3.71. The summed E-state index contributed by atoms with van der Waals surface area (Å²) in [5.41, 5.74) is 1.59. The van der Waals surface area contributed by atoms with Crippen molar-refractivity contribution in [2.75, 3.05) is 40.4 Å². The molecule has 3 rings (SSSR count).